The Balaban J connectivity index is 1.81. The van der Waals surface area contributed by atoms with Crippen molar-refractivity contribution < 1.29 is 9.59 Å². The lowest BCUT2D eigenvalue weighted by molar-refractivity contribution is -0.139. The van der Waals surface area contributed by atoms with Crippen LogP contribution in [0.1, 0.15) is 31.0 Å². The Hall–Kier alpha value is -1.75. The van der Waals surface area contributed by atoms with Crippen LogP contribution in [-0.2, 0) is 11.2 Å². The van der Waals surface area contributed by atoms with E-state index >= 15 is 0 Å². The normalized spacial score (nSPS) is 20.3. The van der Waals surface area contributed by atoms with Crippen molar-refractivity contribution >= 4 is 23.5 Å². The fraction of sp³-hybridized carbons (Fsp3) is 0.529. The third-order valence-electron chi connectivity index (χ3n) is 4.45. The highest BCUT2D eigenvalue weighted by Gasteiger charge is 2.38. The van der Waals surface area contributed by atoms with E-state index in [0.717, 1.165) is 12.0 Å². The standard InChI is InChI=1S/C17H22ClN3O2/c1-11(2)8-19-17(23)20-9-15-14-7-13(18)4-3-12(14)5-6-21(15)16(22)10-20/h3-4,7,11,15H,5-6,8-10H2,1-2H3,(H,19,23). The van der Waals surface area contributed by atoms with Gasteiger partial charge in [0.25, 0.3) is 0 Å². The fourth-order valence-corrected chi connectivity index (χ4v) is 3.43. The zero-order valence-corrected chi connectivity index (χ0v) is 14.3. The maximum Gasteiger partial charge on any atom is 0.317 e. The quantitative estimate of drug-likeness (QED) is 0.902. The third-order valence-corrected chi connectivity index (χ3v) is 4.69. The monoisotopic (exact) mass is 335 g/mol. The largest absolute Gasteiger partial charge is 0.338 e. The lowest BCUT2D eigenvalue weighted by Crippen LogP contribution is -2.57. The molecule has 0 bridgehead atoms. The van der Waals surface area contributed by atoms with Crippen LogP contribution in [0.5, 0.6) is 0 Å². The lowest BCUT2D eigenvalue weighted by atomic mass is 9.91. The van der Waals surface area contributed by atoms with Crippen LogP contribution in [0.4, 0.5) is 4.79 Å². The summed E-state index contributed by atoms with van der Waals surface area (Å²) in [5.74, 6) is 0.386. The molecule has 1 atom stereocenters. The molecule has 2 aliphatic rings. The van der Waals surface area contributed by atoms with Crippen molar-refractivity contribution in [3.63, 3.8) is 0 Å². The number of hydrogen-bond donors (Lipinski definition) is 1. The van der Waals surface area contributed by atoms with Gasteiger partial charge >= 0.3 is 6.03 Å². The molecule has 5 nitrogen and oxygen atoms in total. The molecular weight excluding hydrogens is 314 g/mol. The molecular formula is C17H22ClN3O2. The highest BCUT2D eigenvalue weighted by molar-refractivity contribution is 6.30. The number of nitrogens with zero attached hydrogens (tertiary/aromatic N) is 2. The predicted molar refractivity (Wildman–Crippen MR) is 89.4 cm³/mol. The zero-order chi connectivity index (χ0) is 16.6. The Morgan fingerprint density at radius 2 is 2.22 bits per heavy atom. The van der Waals surface area contributed by atoms with E-state index in [2.05, 4.69) is 5.32 Å². The number of rotatable bonds is 2. The van der Waals surface area contributed by atoms with Crippen LogP contribution in [-0.4, -0.2) is 47.9 Å². The number of carbonyl (C=O) groups is 2. The molecule has 3 amide bonds. The van der Waals surface area contributed by atoms with E-state index in [1.165, 1.54) is 5.56 Å². The van der Waals surface area contributed by atoms with Crippen molar-refractivity contribution in [1.82, 2.24) is 15.1 Å². The number of halogens is 1. The molecule has 1 N–H and O–H groups in total. The van der Waals surface area contributed by atoms with Crippen LogP contribution in [0.3, 0.4) is 0 Å². The molecule has 0 aromatic heterocycles. The lowest BCUT2D eigenvalue weighted by Gasteiger charge is -2.44. The van der Waals surface area contributed by atoms with E-state index in [0.29, 0.717) is 30.6 Å². The predicted octanol–water partition coefficient (Wildman–Crippen LogP) is 2.45. The molecule has 1 unspecified atom stereocenters. The van der Waals surface area contributed by atoms with E-state index < -0.39 is 0 Å². The van der Waals surface area contributed by atoms with Gasteiger partial charge < -0.3 is 15.1 Å². The van der Waals surface area contributed by atoms with Crippen LogP contribution in [0.15, 0.2) is 18.2 Å². The van der Waals surface area contributed by atoms with Crippen molar-refractivity contribution in [1.29, 1.82) is 0 Å². The maximum absolute atomic E-state index is 12.4. The molecule has 1 aromatic carbocycles. The minimum Gasteiger partial charge on any atom is -0.338 e. The third kappa shape index (κ3) is 3.29. The number of urea groups is 1. The molecule has 23 heavy (non-hydrogen) atoms. The van der Waals surface area contributed by atoms with E-state index in [4.69, 9.17) is 11.6 Å². The molecule has 0 saturated carbocycles. The first-order valence-electron chi connectivity index (χ1n) is 8.06. The first-order valence-corrected chi connectivity index (χ1v) is 8.44. The van der Waals surface area contributed by atoms with Gasteiger partial charge in [0.2, 0.25) is 5.91 Å². The summed E-state index contributed by atoms with van der Waals surface area (Å²) >= 11 is 6.13. The summed E-state index contributed by atoms with van der Waals surface area (Å²) in [5.41, 5.74) is 2.28. The summed E-state index contributed by atoms with van der Waals surface area (Å²) in [5, 5.41) is 3.56. The van der Waals surface area contributed by atoms with Gasteiger partial charge in [-0.15, -0.1) is 0 Å². The molecule has 1 fully saturated rings. The Kier molecular flexibility index (Phi) is 4.48. The van der Waals surface area contributed by atoms with Crippen molar-refractivity contribution in [2.24, 2.45) is 5.92 Å². The van der Waals surface area contributed by atoms with Crippen LogP contribution in [0, 0.1) is 5.92 Å². The molecule has 3 rings (SSSR count). The molecule has 6 heteroatoms. The van der Waals surface area contributed by atoms with Gasteiger partial charge in [0.1, 0.15) is 6.54 Å². The minimum atomic E-state index is -0.166. The highest BCUT2D eigenvalue weighted by Crippen LogP contribution is 2.34. The Bertz CT molecular complexity index is 632. The Labute approximate surface area is 141 Å². The number of nitrogens with one attached hydrogen (secondary N) is 1. The van der Waals surface area contributed by atoms with Crippen molar-refractivity contribution in [2.75, 3.05) is 26.2 Å². The van der Waals surface area contributed by atoms with E-state index in [9.17, 15) is 9.59 Å². The fourth-order valence-electron chi connectivity index (χ4n) is 3.25. The highest BCUT2D eigenvalue weighted by atomic mass is 35.5. The van der Waals surface area contributed by atoms with Crippen LogP contribution < -0.4 is 5.32 Å². The molecule has 2 heterocycles. The SMILES string of the molecule is CC(C)CNC(=O)N1CC(=O)N2CCc3ccc(Cl)cc3C2C1. The van der Waals surface area contributed by atoms with Crippen LogP contribution in [0.25, 0.3) is 0 Å². The van der Waals surface area contributed by atoms with E-state index in [1.807, 2.05) is 36.9 Å². The number of amides is 3. The maximum atomic E-state index is 12.4. The molecule has 0 spiro atoms. The smallest absolute Gasteiger partial charge is 0.317 e. The van der Waals surface area contributed by atoms with Gasteiger partial charge in [-0.05, 0) is 35.6 Å². The Morgan fingerprint density at radius 3 is 2.96 bits per heavy atom. The summed E-state index contributed by atoms with van der Waals surface area (Å²) in [4.78, 5) is 28.3. The average Bonchev–Trinajstić information content (AvgIpc) is 2.52. The second-order valence-electron chi connectivity index (χ2n) is 6.66. The van der Waals surface area contributed by atoms with Crippen molar-refractivity contribution in [3.05, 3.63) is 34.3 Å². The molecule has 1 saturated heterocycles. The number of benzene rings is 1. The van der Waals surface area contributed by atoms with Gasteiger partial charge in [-0.25, -0.2) is 4.79 Å². The van der Waals surface area contributed by atoms with Crippen molar-refractivity contribution in [3.8, 4) is 0 Å². The van der Waals surface area contributed by atoms with Gasteiger partial charge in [0.15, 0.2) is 0 Å². The summed E-state index contributed by atoms with van der Waals surface area (Å²) < 4.78 is 0. The Morgan fingerprint density at radius 1 is 1.43 bits per heavy atom. The van der Waals surface area contributed by atoms with Crippen LogP contribution in [0.2, 0.25) is 5.02 Å². The number of carbonyl (C=O) groups excluding carboxylic acids is 2. The van der Waals surface area contributed by atoms with Gasteiger partial charge in [-0.2, -0.15) is 0 Å². The zero-order valence-electron chi connectivity index (χ0n) is 13.5. The first kappa shape index (κ1) is 16.1. The number of fused-ring (bicyclic) bond motifs is 3. The van der Waals surface area contributed by atoms with E-state index in [-0.39, 0.29) is 24.5 Å². The number of hydrogen-bond acceptors (Lipinski definition) is 2. The van der Waals surface area contributed by atoms with Crippen molar-refractivity contribution in [2.45, 2.75) is 26.3 Å². The second-order valence-corrected chi connectivity index (χ2v) is 7.09. The summed E-state index contributed by atoms with van der Waals surface area (Å²) in [7, 11) is 0. The molecule has 0 radical (unpaired) electrons. The number of piperazine rings is 1. The topological polar surface area (TPSA) is 52.7 Å². The summed E-state index contributed by atoms with van der Waals surface area (Å²) in [6.07, 6.45) is 0.842. The second kappa shape index (κ2) is 6.40. The van der Waals surface area contributed by atoms with Crippen LogP contribution >= 0.6 is 11.6 Å². The minimum absolute atomic E-state index is 0.00609. The van der Waals surface area contributed by atoms with E-state index in [1.54, 1.807) is 4.90 Å². The average molecular weight is 336 g/mol. The first-order chi connectivity index (χ1) is 11.0. The molecule has 0 aliphatic carbocycles. The molecule has 124 valence electrons. The molecule has 1 aromatic rings. The summed E-state index contributed by atoms with van der Waals surface area (Å²) in [6.45, 7) is 6.07. The van der Waals surface area contributed by atoms with Gasteiger partial charge in [-0.1, -0.05) is 31.5 Å². The van der Waals surface area contributed by atoms with Gasteiger partial charge in [0, 0.05) is 24.7 Å². The summed E-state index contributed by atoms with van der Waals surface area (Å²) in [6, 6.07) is 5.58. The molecule has 2 aliphatic heterocycles. The van der Waals surface area contributed by atoms with Gasteiger partial charge in [0.05, 0.1) is 6.04 Å². The van der Waals surface area contributed by atoms with Gasteiger partial charge in [-0.3, -0.25) is 4.79 Å².